The molecule has 1 aromatic rings. The Morgan fingerprint density at radius 1 is 1.63 bits per heavy atom. The summed E-state index contributed by atoms with van der Waals surface area (Å²) < 4.78 is 5.43. The Kier molecular flexibility index (Phi) is 5.03. The largest absolute Gasteiger partial charge is 0.381 e. The van der Waals surface area contributed by atoms with Crippen LogP contribution in [0.1, 0.15) is 18.9 Å². The maximum atomic E-state index is 9.08. The van der Waals surface area contributed by atoms with Crippen LogP contribution in [0, 0.1) is 11.3 Å². The molecule has 0 bridgehead atoms. The Hall–Kier alpha value is -1.28. The number of anilines is 1. The predicted octanol–water partition coefficient (Wildman–Crippen LogP) is 2.39. The van der Waals surface area contributed by atoms with E-state index in [0.717, 1.165) is 31.9 Å². The number of halogens is 1. The van der Waals surface area contributed by atoms with E-state index >= 15 is 0 Å². The van der Waals surface area contributed by atoms with Gasteiger partial charge in [-0.2, -0.15) is 5.26 Å². The van der Waals surface area contributed by atoms with Crippen molar-refractivity contribution in [2.24, 2.45) is 0 Å². The molecule has 0 spiro atoms. The first kappa shape index (κ1) is 14.1. The van der Waals surface area contributed by atoms with Crippen LogP contribution in [0.2, 0.25) is 5.02 Å². The number of nitrogens with zero attached hydrogens (tertiary/aromatic N) is 1. The second-order valence-electron chi connectivity index (χ2n) is 4.81. The lowest BCUT2D eigenvalue weighted by Crippen LogP contribution is -2.43. The van der Waals surface area contributed by atoms with Crippen molar-refractivity contribution >= 4 is 17.3 Å². The summed E-state index contributed by atoms with van der Waals surface area (Å²) in [6.45, 7) is 4.52. The molecule has 0 amide bonds. The summed E-state index contributed by atoms with van der Waals surface area (Å²) in [4.78, 5) is 0. The third kappa shape index (κ3) is 4.10. The van der Waals surface area contributed by atoms with Crippen molar-refractivity contribution in [1.82, 2.24) is 5.32 Å². The highest BCUT2D eigenvalue weighted by atomic mass is 35.5. The van der Waals surface area contributed by atoms with Crippen LogP contribution in [0.3, 0.4) is 0 Å². The Bertz CT molecular complexity index is 466. The van der Waals surface area contributed by atoms with Gasteiger partial charge in [-0.15, -0.1) is 0 Å². The molecule has 19 heavy (non-hydrogen) atoms. The van der Waals surface area contributed by atoms with Crippen molar-refractivity contribution in [2.75, 3.05) is 25.1 Å². The lowest BCUT2D eigenvalue weighted by atomic mass is 10.1. The van der Waals surface area contributed by atoms with Crippen LogP contribution in [-0.4, -0.2) is 31.8 Å². The molecule has 0 aromatic heterocycles. The van der Waals surface area contributed by atoms with E-state index in [1.165, 1.54) is 0 Å². The number of nitrogens with one attached hydrogen (secondary N) is 2. The lowest BCUT2D eigenvalue weighted by Gasteiger charge is -2.27. The van der Waals surface area contributed by atoms with Crippen LogP contribution in [0.4, 0.5) is 5.69 Å². The molecule has 1 aliphatic heterocycles. The Labute approximate surface area is 118 Å². The fraction of sp³-hybridized carbons (Fsp3) is 0.500. The van der Waals surface area contributed by atoms with Crippen molar-refractivity contribution in [1.29, 1.82) is 5.26 Å². The third-order valence-corrected chi connectivity index (χ3v) is 3.38. The molecule has 0 radical (unpaired) electrons. The zero-order valence-electron chi connectivity index (χ0n) is 10.9. The van der Waals surface area contributed by atoms with Crippen LogP contribution in [0.15, 0.2) is 18.2 Å². The second kappa shape index (κ2) is 6.76. The molecule has 2 rings (SSSR count). The van der Waals surface area contributed by atoms with E-state index in [1.807, 2.05) is 0 Å². The van der Waals surface area contributed by atoms with Crippen molar-refractivity contribution in [3.05, 3.63) is 28.8 Å². The maximum absolute atomic E-state index is 9.08. The van der Waals surface area contributed by atoms with E-state index in [2.05, 4.69) is 23.6 Å². The van der Waals surface area contributed by atoms with Crippen molar-refractivity contribution in [3.8, 4) is 6.07 Å². The van der Waals surface area contributed by atoms with Gasteiger partial charge in [-0.05, 0) is 31.5 Å². The Morgan fingerprint density at radius 3 is 3.16 bits per heavy atom. The zero-order valence-corrected chi connectivity index (χ0v) is 11.7. The molecule has 2 unspecified atom stereocenters. The van der Waals surface area contributed by atoms with Crippen LogP contribution in [0.5, 0.6) is 0 Å². The highest BCUT2D eigenvalue weighted by Gasteiger charge is 2.16. The first-order valence-electron chi connectivity index (χ1n) is 6.46. The second-order valence-corrected chi connectivity index (χ2v) is 5.25. The molecule has 5 heteroatoms. The summed E-state index contributed by atoms with van der Waals surface area (Å²) in [5.41, 5.74) is 1.41. The van der Waals surface area contributed by atoms with E-state index in [-0.39, 0.29) is 6.04 Å². The topological polar surface area (TPSA) is 57.1 Å². The van der Waals surface area contributed by atoms with Crippen LogP contribution in [-0.2, 0) is 4.74 Å². The monoisotopic (exact) mass is 279 g/mol. The van der Waals surface area contributed by atoms with Crippen molar-refractivity contribution < 1.29 is 4.74 Å². The minimum Gasteiger partial charge on any atom is -0.381 e. The number of rotatable bonds is 4. The molecule has 0 aliphatic carbocycles. The standard InChI is InChI=1S/C14H18ClN3O/c1-10(6-13-9-19-5-4-17-13)18-14-7-12(15)3-2-11(14)8-16/h2-3,7,10,13,17-18H,4-6,9H2,1H3. The quantitative estimate of drug-likeness (QED) is 0.889. The van der Waals surface area contributed by atoms with Gasteiger partial charge >= 0.3 is 0 Å². The molecule has 4 nitrogen and oxygen atoms in total. The molecule has 1 heterocycles. The Morgan fingerprint density at radius 2 is 2.47 bits per heavy atom. The number of hydrogen-bond donors (Lipinski definition) is 2. The maximum Gasteiger partial charge on any atom is 0.101 e. The van der Waals surface area contributed by atoms with Gasteiger partial charge in [0, 0.05) is 23.7 Å². The molecule has 1 fully saturated rings. The summed E-state index contributed by atoms with van der Waals surface area (Å²) in [6, 6.07) is 8.03. The number of hydrogen-bond acceptors (Lipinski definition) is 4. The SMILES string of the molecule is CC(CC1COCCN1)Nc1cc(Cl)ccc1C#N. The van der Waals surface area contributed by atoms with Gasteiger partial charge in [0.2, 0.25) is 0 Å². The lowest BCUT2D eigenvalue weighted by molar-refractivity contribution is 0.0731. The molecular weight excluding hydrogens is 262 g/mol. The van der Waals surface area contributed by atoms with E-state index in [4.69, 9.17) is 21.6 Å². The van der Waals surface area contributed by atoms with Crippen LogP contribution in [0.25, 0.3) is 0 Å². The van der Waals surface area contributed by atoms with Gasteiger partial charge in [-0.25, -0.2) is 0 Å². The van der Waals surface area contributed by atoms with Gasteiger partial charge in [-0.1, -0.05) is 11.6 Å². The van der Waals surface area contributed by atoms with Crippen molar-refractivity contribution in [2.45, 2.75) is 25.4 Å². The molecule has 1 aromatic carbocycles. The average Bonchev–Trinajstić information content (AvgIpc) is 2.40. The summed E-state index contributed by atoms with van der Waals surface area (Å²) in [5, 5.41) is 16.5. The molecular formula is C14H18ClN3O. The fourth-order valence-electron chi connectivity index (χ4n) is 2.26. The van der Waals surface area contributed by atoms with Gasteiger partial charge in [0.25, 0.3) is 0 Å². The van der Waals surface area contributed by atoms with Gasteiger partial charge in [0.05, 0.1) is 24.5 Å². The van der Waals surface area contributed by atoms with Gasteiger partial charge in [0.1, 0.15) is 6.07 Å². The first-order chi connectivity index (χ1) is 9.19. The zero-order chi connectivity index (χ0) is 13.7. The summed E-state index contributed by atoms with van der Waals surface area (Å²) in [6.07, 6.45) is 0.942. The summed E-state index contributed by atoms with van der Waals surface area (Å²) in [5.74, 6) is 0. The molecule has 2 atom stereocenters. The Balaban J connectivity index is 1.96. The fourth-order valence-corrected chi connectivity index (χ4v) is 2.43. The molecule has 1 saturated heterocycles. The summed E-state index contributed by atoms with van der Waals surface area (Å²) in [7, 11) is 0. The number of benzene rings is 1. The molecule has 2 N–H and O–H groups in total. The van der Waals surface area contributed by atoms with Crippen molar-refractivity contribution in [3.63, 3.8) is 0 Å². The van der Waals surface area contributed by atoms with Gasteiger partial charge in [0.15, 0.2) is 0 Å². The predicted molar refractivity (Wildman–Crippen MR) is 76.5 cm³/mol. The van der Waals surface area contributed by atoms with E-state index in [9.17, 15) is 0 Å². The van der Waals surface area contributed by atoms with E-state index in [1.54, 1.807) is 18.2 Å². The number of ether oxygens (including phenoxy) is 1. The van der Waals surface area contributed by atoms with Gasteiger partial charge < -0.3 is 15.4 Å². The van der Waals surface area contributed by atoms with Gasteiger partial charge in [-0.3, -0.25) is 0 Å². The average molecular weight is 280 g/mol. The molecule has 102 valence electrons. The first-order valence-corrected chi connectivity index (χ1v) is 6.84. The van der Waals surface area contributed by atoms with Crippen LogP contribution < -0.4 is 10.6 Å². The number of nitriles is 1. The van der Waals surface area contributed by atoms with Crippen LogP contribution >= 0.6 is 11.6 Å². The number of morpholine rings is 1. The highest BCUT2D eigenvalue weighted by Crippen LogP contribution is 2.22. The molecule has 1 aliphatic rings. The smallest absolute Gasteiger partial charge is 0.101 e. The normalized spacial score (nSPS) is 20.6. The third-order valence-electron chi connectivity index (χ3n) is 3.14. The summed E-state index contributed by atoms with van der Waals surface area (Å²) >= 11 is 5.97. The van der Waals surface area contributed by atoms with E-state index in [0.29, 0.717) is 16.6 Å². The van der Waals surface area contributed by atoms with E-state index < -0.39 is 0 Å². The highest BCUT2D eigenvalue weighted by molar-refractivity contribution is 6.30. The minimum absolute atomic E-state index is 0.241. The minimum atomic E-state index is 0.241. The molecule has 0 saturated carbocycles.